The minimum atomic E-state index is -0.361. The first kappa shape index (κ1) is 22.0. The third kappa shape index (κ3) is 3.58. The Hall–Kier alpha value is -3.84. The fourth-order valence-electron chi connectivity index (χ4n) is 4.89. The molecule has 2 aromatic heterocycles. The van der Waals surface area contributed by atoms with Crippen LogP contribution in [0.1, 0.15) is 17.5 Å². The van der Waals surface area contributed by atoms with E-state index in [0.717, 1.165) is 58.1 Å². The molecular weight excluding hydrogens is 426 g/mol. The van der Waals surface area contributed by atoms with Crippen LogP contribution in [0.3, 0.4) is 0 Å². The van der Waals surface area contributed by atoms with Crippen molar-refractivity contribution in [2.45, 2.75) is 13.0 Å². The smallest absolute Gasteiger partial charge is 0.259 e. The number of aryl methyl sites for hydroxylation is 1. The number of aromatic nitrogens is 2. The molecule has 1 aliphatic rings. The Morgan fingerprint density at radius 3 is 2.35 bits per heavy atom. The Morgan fingerprint density at radius 2 is 1.62 bits per heavy atom. The largest absolute Gasteiger partial charge is 0.377 e. The number of rotatable bonds is 7. The highest BCUT2D eigenvalue weighted by Crippen LogP contribution is 2.41. The number of nitrogens with zero attached hydrogens (tertiary/aromatic N) is 3. The highest BCUT2D eigenvalue weighted by Gasteiger charge is 2.35. The van der Waals surface area contributed by atoms with Crippen molar-refractivity contribution >= 4 is 50.5 Å². The van der Waals surface area contributed by atoms with E-state index in [0.29, 0.717) is 11.1 Å². The number of fused-ring (bicyclic) bond motifs is 2. The van der Waals surface area contributed by atoms with Gasteiger partial charge in [-0.05, 0) is 45.3 Å². The molecule has 0 unspecified atom stereocenters. The van der Waals surface area contributed by atoms with E-state index < -0.39 is 0 Å². The van der Waals surface area contributed by atoms with Gasteiger partial charge in [0.2, 0.25) is 0 Å². The van der Waals surface area contributed by atoms with Crippen molar-refractivity contribution in [2.75, 3.05) is 39.6 Å². The molecule has 34 heavy (non-hydrogen) atoms. The fraction of sp³-hybridized carbons (Fsp3) is 0.259. The van der Waals surface area contributed by atoms with Gasteiger partial charge >= 0.3 is 0 Å². The van der Waals surface area contributed by atoms with Crippen LogP contribution < -0.4 is 10.2 Å². The maximum absolute atomic E-state index is 13.2. The molecule has 0 fully saturated rings. The number of H-pyrrole nitrogens is 1. The van der Waals surface area contributed by atoms with E-state index in [2.05, 4.69) is 50.9 Å². The number of hydrogen-bond donors (Lipinski definition) is 2. The summed E-state index contributed by atoms with van der Waals surface area (Å²) in [5, 5.41) is 4.45. The quantitative estimate of drug-likeness (QED) is 0.417. The second-order valence-corrected chi connectivity index (χ2v) is 9.24. The standard InChI is InChI=1S/C27H29N5O2/c1-30(2)13-8-14-32-16-19(23-21(31(3)4)11-7-12-22(23)32)25-24(26(33)29-27(25)34)18-15-28-20-10-6-5-9-17(18)20/h5-7,9-12,15-16,28H,8,13-14H2,1-4H3,(H,29,33,34). The molecule has 0 bridgehead atoms. The Morgan fingerprint density at radius 1 is 0.882 bits per heavy atom. The summed E-state index contributed by atoms with van der Waals surface area (Å²) in [4.78, 5) is 33.8. The predicted octanol–water partition coefficient (Wildman–Crippen LogP) is 3.71. The van der Waals surface area contributed by atoms with Gasteiger partial charge in [0.05, 0.1) is 16.7 Å². The summed E-state index contributed by atoms with van der Waals surface area (Å²) in [5.41, 5.74) is 5.37. The minimum Gasteiger partial charge on any atom is -0.377 e. The first-order valence-electron chi connectivity index (χ1n) is 11.5. The molecule has 2 amide bonds. The Labute approximate surface area is 198 Å². The average molecular weight is 456 g/mol. The minimum absolute atomic E-state index is 0.355. The number of benzene rings is 2. The summed E-state index contributed by atoms with van der Waals surface area (Å²) in [5.74, 6) is -0.716. The molecule has 174 valence electrons. The zero-order chi connectivity index (χ0) is 24.0. The number of amides is 2. The molecule has 2 aromatic carbocycles. The zero-order valence-electron chi connectivity index (χ0n) is 20.0. The van der Waals surface area contributed by atoms with Crippen LogP contribution in [0.4, 0.5) is 5.69 Å². The highest BCUT2D eigenvalue weighted by atomic mass is 16.2. The van der Waals surface area contributed by atoms with Crippen LogP contribution in [0.15, 0.2) is 54.9 Å². The van der Waals surface area contributed by atoms with Crippen LogP contribution in [0.25, 0.3) is 33.0 Å². The lowest BCUT2D eigenvalue weighted by Gasteiger charge is -2.16. The topological polar surface area (TPSA) is 73.4 Å². The molecule has 5 rings (SSSR count). The normalized spacial score (nSPS) is 14.1. The van der Waals surface area contributed by atoms with Crippen molar-refractivity contribution in [3.05, 3.63) is 66.0 Å². The van der Waals surface area contributed by atoms with Crippen molar-refractivity contribution in [1.29, 1.82) is 0 Å². The Bertz CT molecular complexity index is 1450. The van der Waals surface area contributed by atoms with Crippen molar-refractivity contribution in [3.63, 3.8) is 0 Å². The van der Waals surface area contributed by atoms with Crippen LogP contribution in [0.5, 0.6) is 0 Å². The second-order valence-electron chi connectivity index (χ2n) is 9.24. The van der Waals surface area contributed by atoms with Crippen LogP contribution >= 0.6 is 0 Å². The molecule has 1 aliphatic heterocycles. The summed E-state index contributed by atoms with van der Waals surface area (Å²) in [6.07, 6.45) is 4.83. The van der Waals surface area contributed by atoms with E-state index in [1.54, 1.807) is 0 Å². The molecule has 0 atom stereocenters. The summed E-state index contributed by atoms with van der Waals surface area (Å²) in [6, 6.07) is 14.0. The third-order valence-corrected chi connectivity index (χ3v) is 6.43. The number of hydrogen-bond acceptors (Lipinski definition) is 4. The first-order valence-corrected chi connectivity index (χ1v) is 11.5. The van der Waals surface area contributed by atoms with Crippen molar-refractivity contribution in [3.8, 4) is 0 Å². The van der Waals surface area contributed by atoms with Crippen molar-refractivity contribution in [1.82, 2.24) is 19.8 Å². The van der Waals surface area contributed by atoms with Gasteiger partial charge in [-0.3, -0.25) is 14.9 Å². The Kier molecular flexibility index (Phi) is 5.49. The van der Waals surface area contributed by atoms with Crippen LogP contribution in [-0.4, -0.2) is 61.0 Å². The van der Waals surface area contributed by atoms with Gasteiger partial charge < -0.3 is 19.4 Å². The molecular formula is C27H29N5O2. The molecule has 0 radical (unpaired) electrons. The maximum Gasteiger partial charge on any atom is 0.259 e. The predicted molar refractivity (Wildman–Crippen MR) is 138 cm³/mol. The average Bonchev–Trinajstić information content (AvgIpc) is 3.46. The molecule has 0 saturated carbocycles. The second kappa shape index (κ2) is 8.50. The van der Waals surface area contributed by atoms with Crippen LogP contribution in [0, 0.1) is 0 Å². The van der Waals surface area contributed by atoms with Gasteiger partial charge in [0.25, 0.3) is 11.8 Å². The lowest BCUT2D eigenvalue weighted by Crippen LogP contribution is -2.22. The lowest BCUT2D eigenvalue weighted by atomic mass is 9.95. The summed E-state index contributed by atoms with van der Waals surface area (Å²) < 4.78 is 2.21. The summed E-state index contributed by atoms with van der Waals surface area (Å²) in [7, 11) is 8.12. The number of carbonyl (C=O) groups excluding carboxylic acids is 2. The molecule has 0 aliphatic carbocycles. The van der Waals surface area contributed by atoms with E-state index in [-0.39, 0.29) is 11.8 Å². The van der Waals surface area contributed by atoms with E-state index in [1.807, 2.05) is 56.8 Å². The van der Waals surface area contributed by atoms with Gasteiger partial charge in [0, 0.05) is 66.1 Å². The number of para-hydroxylation sites is 1. The molecule has 3 heterocycles. The van der Waals surface area contributed by atoms with Crippen LogP contribution in [-0.2, 0) is 16.1 Å². The third-order valence-electron chi connectivity index (χ3n) is 6.43. The number of aromatic amines is 1. The molecule has 7 heteroatoms. The molecule has 0 spiro atoms. The van der Waals surface area contributed by atoms with E-state index in [1.165, 1.54) is 0 Å². The van der Waals surface area contributed by atoms with Gasteiger partial charge in [-0.15, -0.1) is 0 Å². The van der Waals surface area contributed by atoms with Crippen LogP contribution in [0.2, 0.25) is 0 Å². The maximum atomic E-state index is 13.2. The summed E-state index contributed by atoms with van der Waals surface area (Å²) in [6.45, 7) is 1.78. The van der Waals surface area contributed by atoms with Crippen molar-refractivity contribution < 1.29 is 9.59 Å². The van der Waals surface area contributed by atoms with Gasteiger partial charge in [-0.25, -0.2) is 0 Å². The Balaban J connectivity index is 1.77. The van der Waals surface area contributed by atoms with E-state index >= 15 is 0 Å². The molecule has 0 saturated heterocycles. The number of nitrogens with one attached hydrogen (secondary N) is 2. The van der Waals surface area contributed by atoms with Gasteiger partial charge in [-0.2, -0.15) is 0 Å². The summed E-state index contributed by atoms with van der Waals surface area (Å²) >= 11 is 0. The molecule has 7 nitrogen and oxygen atoms in total. The monoisotopic (exact) mass is 455 g/mol. The molecule has 2 N–H and O–H groups in total. The number of carbonyl (C=O) groups is 2. The van der Waals surface area contributed by atoms with Crippen molar-refractivity contribution in [2.24, 2.45) is 0 Å². The van der Waals surface area contributed by atoms with E-state index in [9.17, 15) is 9.59 Å². The fourth-order valence-corrected chi connectivity index (χ4v) is 4.89. The van der Waals surface area contributed by atoms with Gasteiger partial charge in [-0.1, -0.05) is 24.3 Å². The van der Waals surface area contributed by atoms with Gasteiger partial charge in [0.1, 0.15) is 0 Å². The lowest BCUT2D eigenvalue weighted by molar-refractivity contribution is -0.122. The first-order chi connectivity index (χ1) is 16.4. The highest BCUT2D eigenvalue weighted by molar-refractivity contribution is 6.51. The van der Waals surface area contributed by atoms with E-state index in [4.69, 9.17) is 0 Å². The number of anilines is 1. The number of imide groups is 1. The zero-order valence-corrected chi connectivity index (χ0v) is 20.0. The molecule has 4 aromatic rings. The SMILES string of the molecule is CN(C)CCCn1cc(C2=C(c3c[nH]c4ccccc34)C(=O)NC2=O)c2c(N(C)C)cccc21. The van der Waals surface area contributed by atoms with Gasteiger partial charge in [0.15, 0.2) is 0 Å².